The smallest absolute Gasteiger partial charge is 0.295 e. The number of aromatic nitrogens is 4. The molecule has 1 aromatic heterocycles. The van der Waals surface area contributed by atoms with Crippen molar-refractivity contribution in [1.29, 1.82) is 0 Å². The van der Waals surface area contributed by atoms with E-state index in [-0.39, 0.29) is 10.7 Å². The van der Waals surface area contributed by atoms with Gasteiger partial charge < -0.3 is 5.32 Å². The molecule has 0 aliphatic carbocycles. The minimum absolute atomic E-state index is 0.0268. The summed E-state index contributed by atoms with van der Waals surface area (Å²) in [4.78, 5) is 12.9. The van der Waals surface area contributed by atoms with Crippen LogP contribution in [0, 0.1) is 0 Å². The molecule has 3 N–H and O–H groups in total. The average Bonchev–Trinajstić information content (AvgIpc) is 3.34. The maximum atomic E-state index is 12.9. The highest BCUT2D eigenvalue weighted by molar-refractivity contribution is 7.89. The fourth-order valence-electron chi connectivity index (χ4n) is 3.68. The van der Waals surface area contributed by atoms with E-state index < -0.39 is 15.9 Å². The van der Waals surface area contributed by atoms with Crippen LogP contribution in [-0.4, -0.2) is 34.5 Å². The molecule has 9 nitrogen and oxygen atoms in total. The van der Waals surface area contributed by atoms with Gasteiger partial charge in [-0.25, -0.2) is 13.6 Å². The molecule has 0 atom stereocenters. The van der Waals surface area contributed by atoms with E-state index in [4.69, 9.17) is 5.14 Å². The summed E-state index contributed by atoms with van der Waals surface area (Å²) in [5, 5.41) is 21.7. The molecule has 1 heterocycles. The third kappa shape index (κ3) is 4.15. The number of nitrogens with two attached hydrogens (primary N) is 1. The van der Waals surface area contributed by atoms with Crippen LogP contribution in [0.3, 0.4) is 0 Å². The second kappa shape index (κ2) is 8.50. The van der Waals surface area contributed by atoms with Crippen LogP contribution in [0.25, 0.3) is 27.6 Å². The monoisotopic (exact) mass is 470 g/mol. The summed E-state index contributed by atoms with van der Waals surface area (Å²) in [5.74, 6) is -0.463. The summed E-state index contributed by atoms with van der Waals surface area (Å²) in [6.07, 6.45) is 0. The van der Waals surface area contributed by atoms with E-state index in [9.17, 15) is 13.2 Å². The Balaban J connectivity index is 1.40. The molecule has 34 heavy (non-hydrogen) atoms. The Hall–Kier alpha value is -4.41. The second-order valence-electron chi connectivity index (χ2n) is 7.52. The van der Waals surface area contributed by atoms with Gasteiger partial charge in [0.05, 0.1) is 10.6 Å². The van der Waals surface area contributed by atoms with Crippen LogP contribution in [-0.2, 0) is 10.0 Å². The van der Waals surface area contributed by atoms with Crippen LogP contribution >= 0.6 is 0 Å². The summed E-state index contributed by atoms with van der Waals surface area (Å²) >= 11 is 0. The highest BCUT2D eigenvalue weighted by Crippen LogP contribution is 2.27. The third-order valence-electron chi connectivity index (χ3n) is 5.30. The molecule has 0 aliphatic rings. The van der Waals surface area contributed by atoms with Gasteiger partial charge in [-0.1, -0.05) is 60.7 Å². The number of fused-ring (bicyclic) bond motifs is 1. The van der Waals surface area contributed by atoms with Gasteiger partial charge in [-0.15, -0.1) is 5.10 Å². The first-order chi connectivity index (χ1) is 16.4. The Morgan fingerprint density at radius 2 is 1.56 bits per heavy atom. The van der Waals surface area contributed by atoms with Crippen molar-refractivity contribution in [2.24, 2.45) is 5.14 Å². The predicted octanol–water partition coefficient (Wildman–Crippen LogP) is 3.38. The van der Waals surface area contributed by atoms with Gasteiger partial charge in [0.2, 0.25) is 15.8 Å². The van der Waals surface area contributed by atoms with Gasteiger partial charge in [0.15, 0.2) is 0 Å². The van der Waals surface area contributed by atoms with Crippen molar-refractivity contribution in [3.63, 3.8) is 0 Å². The lowest BCUT2D eigenvalue weighted by Gasteiger charge is -2.10. The molecule has 4 aromatic carbocycles. The van der Waals surface area contributed by atoms with E-state index in [0.29, 0.717) is 22.5 Å². The van der Waals surface area contributed by atoms with Crippen molar-refractivity contribution in [2.75, 3.05) is 5.32 Å². The summed E-state index contributed by atoms with van der Waals surface area (Å²) < 4.78 is 25.2. The van der Waals surface area contributed by atoms with E-state index in [0.717, 1.165) is 10.8 Å². The zero-order valence-corrected chi connectivity index (χ0v) is 18.5. The van der Waals surface area contributed by atoms with Gasteiger partial charge in [-0.3, -0.25) is 4.79 Å². The molecule has 0 saturated heterocycles. The maximum absolute atomic E-state index is 12.9. The number of hydrogen-bond acceptors (Lipinski definition) is 6. The maximum Gasteiger partial charge on any atom is 0.295 e. The number of hydrogen-bond donors (Lipinski definition) is 2. The van der Waals surface area contributed by atoms with Gasteiger partial charge >= 0.3 is 0 Å². The Morgan fingerprint density at radius 1 is 0.853 bits per heavy atom. The summed E-state index contributed by atoms with van der Waals surface area (Å²) in [6.45, 7) is 0. The number of nitrogens with one attached hydrogen (secondary N) is 1. The minimum Gasteiger partial charge on any atom is -0.319 e. The van der Waals surface area contributed by atoms with E-state index in [2.05, 4.69) is 20.8 Å². The summed E-state index contributed by atoms with van der Waals surface area (Å²) in [7, 11) is -3.88. The third-order valence-corrected chi connectivity index (χ3v) is 6.27. The summed E-state index contributed by atoms with van der Waals surface area (Å²) in [6, 6.07) is 26.7. The quantitative estimate of drug-likeness (QED) is 0.405. The Kier molecular flexibility index (Phi) is 5.36. The lowest BCUT2D eigenvalue weighted by Crippen LogP contribution is -2.18. The van der Waals surface area contributed by atoms with Gasteiger partial charge in [-0.2, -0.15) is 4.68 Å². The van der Waals surface area contributed by atoms with E-state index in [1.807, 2.05) is 42.5 Å². The van der Waals surface area contributed by atoms with Crippen LogP contribution in [0.2, 0.25) is 0 Å². The Morgan fingerprint density at radius 3 is 2.32 bits per heavy atom. The fraction of sp³-hybridized carbons (Fsp3) is 0. The van der Waals surface area contributed by atoms with Crippen LogP contribution in [0.1, 0.15) is 10.6 Å². The molecule has 0 spiro atoms. The number of benzene rings is 4. The van der Waals surface area contributed by atoms with E-state index in [1.165, 1.54) is 10.7 Å². The largest absolute Gasteiger partial charge is 0.319 e. The number of carbonyl (C=O) groups excluding carboxylic acids is 1. The first-order valence-electron chi connectivity index (χ1n) is 10.2. The molecule has 0 bridgehead atoms. The van der Waals surface area contributed by atoms with Crippen molar-refractivity contribution < 1.29 is 13.2 Å². The molecule has 0 fully saturated rings. The van der Waals surface area contributed by atoms with E-state index in [1.54, 1.807) is 42.5 Å². The molecule has 0 unspecified atom stereocenters. The molecule has 5 aromatic rings. The molecule has 0 radical (unpaired) electrons. The molecule has 10 heteroatoms. The molecule has 168 valence electrons. The number of anilines is 1. The van der Waals surface area contributed by atoms with E-state index >= 15 is 0 Å². The van der Waals surface area contributed by atoms with Crippen molar-refractivity contribution in [1.82, 2.24) is 20.2 Å². The van der Waals surface area contributed by atoms with Crippen LogP contribution in [0.4, 0.5) is 5.69 Å². The number of nitrogens with zero attached hydrogens (tertiary/aromatic N) is 4. The topological polar surface area (TPSA) is 133 Å². The second-order valence-corrected chi connectivity index (χ2v) is 9.05. The number of primary sulfonamides is 1. The van der Waals surface area contributed by atoms with Crippen molar-refractivity contribution >= 4 is 32.4 Å². The van der Waals surface area contributed by atoms with Crippen molar-refractivity contribution in [3.8, 4) is 16.8 Å². The molecular weight excluding hydrogens is 452 g/mol. The zero-order valence-electron chi connectivity index (χ0n) is 17.7. The zero-order chi connectivity index (χ0) is 23.7. The normalized spacial score (nSPS) is 11.4. The van der Waals surface area contributed by atoms with Crippen LogP contribution in [0.5, 0.6) is 0 Å². The average molecular weight is 471 g/mol. The molecule has 0 saturated carbocycles. The molecule has 1 amide bonds. The minimum atomic E-state index is -3.88. The SMILES string of the molecule is NS(=O)(=O)c1ccccc1-c1ccc(NC(=O)c2nnnn2-c2ccc3ccccc3c2)cc1. The highest BCUT2D eigenvalue weighted by Gasteiger charge is 2.18. The van der Waals surface area contributed by atoms with Crippen LogP contribution in [0.15, 0.2) is 95.9 Å². The molecule has 5 rings (SSSR count). The van der Waals surface area contributed by atoms with Crippen molar-refractivity contribution in [3.05, 3.63) is 96.8 Å². The van der Waals surface area contributed by atoms with Gasteiger partial charge in [0.25, 0.3) is 5.91 Å². The van der Waals surface area contributed by atoms with Crippen LogP contribution < -0.4 is 10.5 Å². The number of amides is 1. The fourth-order valence-corrected chi connectivity index (χ4v) is 4.45. The Bertz CT molecular complexity index is 1630. The lowest BCUT2D eigenvalue weighted by molar-refractivity contribution is 0.101. The number of carbonyl (C=O) groups is 1. The number of tetrazole rings is 1. The highest BCUT2D eigenvalue weighted by atomic mass is 32.2. The van der Waals surface area contributed by atoms with Gasteiger partial charge in [0.1, 0.15) is 0 Å². The van der Waals surface area contributed by atoms with Gasteiger partial charge in [-0.05, 0) is 57.1 Å². The lowest BCUT2D eigenvalue weighted by atomic mass is 10.1. The molecule has 0 aliphatic heterocycles. The number of rotatable bonds is 5. The first-order valence-corrected chi connectivity index (χ1v) is 11.8. The first kappa shape index (κ1) is 21.4. The standard InChI is InChI=1S/C24H18N6O3S/c25-34(32,33)22-8-4-3-7-21(22)17-9-12-19(13-10-17)26-24(31)23-27-28-29-30(23)20-14-11-16-5-1-2-6-18(16)15-20/h1-15H,(H,26,31)(H2,25,32,33). The predicted molar refractivity (Wildman–Crippen MR) is 128 cm³/mol. The molecular formula is C24H18N6O3S. The van der Waals surface area contributed by atoms with Crippen molar-refractivity contribution in [2.45, 2.75) is 4.90 Å². The number of sulfonamides is 1. The Labute approximate surface area is 194 Å². The van der Waals surface area contributed by atoms with Gasteiger partial charge in [0, 0.05) is 11.3 Å². The summed E-state index contributed by atoms with van der Waals surface area (Å²) in [5.41, 5.74) is 2.27.